The van der Waals surface area contributed by atoms with Gasteiger partial charge in [0, 0.05) is 28.4 Å². The van der Waals surface area contributed by atoms with Gasteiger partial charge in [-0.25, -0.2) is 0 Å². The second-order valence-electron chi connectivity index (χ2n) is 7.93. The summed E-state index contributed by atoms with van der Waals surface area (Å²) in [6.07, 6.45) is 3.87. The van der Waals surface area contributed by atoms with E-state index in [4.69, 9.17) is 11.5 Å². The summed E-state index contributed by atoms with van der Waals surface area (Å²) >= 11 is 0. The van der Waals surface area contributed by atoms with Gasteiger partial charge >= 0.3 is 0 Å². The van der Waals surface area contributed by atoms with Gasteiger partial charge in [0.1, 0.15) is 0 Å². The summed E-state index contributed by atoms with van der Waals surface area (Å²) in [5.74, 6) is -0.634. The number of carbonyl (C=O) groups excluding carboxylic acids is 2. The third-order valence-corrected chi connectivity index (χ3v) is 5.39. The summed E-state index contributed by atoms with van der Waals surface area (Å²) in [4.78, 5) is 25.0. The quantitative estimate of drug-likeness (QED) is 0.323. The van der Waals surface area contributed by atoms with Crippen molar-refractivity contribution in [3.8, 4) is 11.1 Å². The number of benzene rings is 3. The number of anilines is 1. The molecule has 3 aromatic carbocycles. The van der Waals surface area contributed by atoms with Crippen LogP contribution in [0.1, 0.15) is 39.9 Å². The first-order valence-corrected chi connectivity index (χ1v) is 10.3. The number of nitrogens with one attached hydrogen (secondary N) is 1. The predicted molar refractivity (Wildman–Crippen MR) is 125 cm³/mol. The molecule has 0 unspecified atom stereocenters. The molecule has 5 heteroatoms. The van der Waals surface area contributed by atoms with E-state index in [1.165, 1.54) is 0 Å². The van der Waals surface area contributed by atoms with Gasteiger partial charge in [0.15, 0.2) is 0 Å². The van der Waals surface area contributed by atoms with E-state index < -0.39 is 5.91 Å². The molecule has 1 saturated carbocycles. The van der Waals surface area contributed by atoms with Crippen LogP contribution >= 0.6 is 0 Å². The van der Waals surface area contributed by atoms with E-state index in [-0.39, 0.29) is 11.9 Å². The molecule has 1 aliphatic carbocycles. The second kappa shape index (κ2) is 8.48. The molecule has 31 heavy (non-hydrogen) atoms. The highest BCUT2D eigenvalue weighted by molar-refractivity contribution is 6.24. The number of nitrogen functional groups attached to an aromatic ring is 1. The molecular formula is C26H25N3O2. The van der Waals surface area contributed by atoms with Crippen molar-refractivity contribution in [1.29, 1.82) is 0 Å². The van der Waals surface area contributed by atoms with Crippen LogP contribution in [-0.4, -0.2) is 17.9 Å². The Balaban J connectivity index is 1.82. The molecule has 0 saturated heterocycles. The summed E-state index contributed by atoms with van der Waals surface area (Å²) < 4.78 is 0. The average Bonchev–Trinajstić information content (AvgIpc) is 3.57. The molecule has 5 N–H and O–H groups in total. The van der Waals surface area contributed by atoms with Crippen LogP contribution in [-0.2, 0) is 4.79 Å². The van der Waals surface area contributed by atoms with Gasteiger partial charge in [-0.15, -0.1) is 0 Å². The van der Waals surface area contributed by atoms with E-state index in [1.54, 1.807) is 18.2 Å². The average molecular weight is 412 g/mol. The van der Waals surface area contributed by atoms with Crippen molar-refractivity contribution in [2.75, 3.05) is 5.73 Å². The fraction of sp³-hybridized carbons (Fsp3) is 0.154. The fourth-order valence-electron chi connectivity index (χ4n) is 3.50. The zero-order chi connectivity index (χ0) is 22.0. The van der Waals surface area contributed by atoms with E-state index >= 15 is 0 Å². The molecule has 0 atom stereocenters. The number of carbonyl (C=O) groups is 2. The Morgan fingerprint density at radius 3 is 2.32 bits per heavy atom. The van der Waals surface area contributed by atoms with Crippen LogP contribution in [0.15, 0.2) is 66.7 Å². The van der Waals surface area contributed by atoms with Crippen LogP contribution in [0.25, 0.3) is 22.8 Å². The Bertz CT molecular complexity index is 1180. The van der Waals surface area contributed by atoms with Crippen molar-refractivity contribution >= 4 is 29.2 Å². The summed E-state index contributed by atoms with van der Waals surface area (Å²) in [6, 6.07) is 20.8. The van der Waals surface area contributed by atoms with Crippen LogP contribution in [0.5, 0.6) is 0 Å². The van der Waals surface area contributed by atoms with Gasteiger partial charge in [0.2, 0.25) is 5.91 Å². The monoisotopic (exact) mass is 411 g/mol. The molecule has 0 aromatic heterocycles. The van der Waals surface area contributed by atoms with Crippen molar-refractivity contribution in [2.45, 2.75) is 25.8 Å². The highest BCUT2D eigenvalue weighted by Gasteiger charge is 2.25. The molecule has 3 aromatic rings. The maximum Gasteiger partial charge on any atom is 0.252 e. The Morgan fingerprint density at radius 1 is 0.968 bits per heavy atom. The van der Waals surface area contributed by atoms with E-state index in [9.17, 15) is 9.59 Å². The van der Waals surface area contributed by atoms with Crippen LogP contribution in [0.4, 0.5) is 5.69 Å². The highest BCUT2D eigenvalue weighted by atomic mass is 16.2. The van der Waals surface area contributed by atoms with Crippen molar-refractivity contribution < 1.29 is 9.59 Å². The van der Waals surface area contributed by atoms with Crippen LogP contribution in [0.3, 0.4) is 0 Å². The number of nitrogens with two attached hydrogens (primary N) is 2. The minimum Gasteiger partial charge on any atom is -0.398 e. The first kappa shape index (κ1) is 20.4. The van der Waals surface area contributed by atoms with Gasteiger partial charge < -0.3 is 16.8 Å². The molecule has 156 valence electrons. The summed E-state index contributed by atoms with van der Waals surface area (Å²) in [5, 5.41) is 3.07. The Kier molecular flexibility index (Phi) is 5.58. The minimum atomic E-state index is -0.529. The van der Waals surface area contributed by atoms with E-state index in [0.717, 1.165) is 35.1 Å². The van der Waals surface area contributed by atoms with Crippen molar-refractivity contribution in [2.24, 2.45) is 5.73 Å². The Morgan fingerprint density at radius 2 is 1.68 bits per heavy atom. The molecule has 0 spiro atoms. The maximum atomic E-state index is 13.0. The summed E-state index contributed by atoms with van der Waals surface area (Å²) in [5.41, 5.74) is 17.4. The van der Waals surface area contributed by atoms with Crippen molar-refractivity contribution in [1.82, 2.24) is 5.32 Å². The lowest BCUT2D eigenvalue weighted by atomic mass is 9.94. The number of para-hydroxylation sites is 1. The predicted octanol–water partition coefficient (Wildman–Crippen LogP) is 4.16. The first-order valence-electron chi connectivity index (χ1n) is 10.3. The van der Waals surface area contributed by atoms with Crippen LogP contribution in [0.2, 0.25) is 0 Å². The topological polar surface area (TPSA) is 98.2 Å². The van der Waals surface area contributed by atoms with Gasteiger partial charge in [0.25, 0.3) is 5.91 Å². The molecule has 1 fully saturated rings. The lowest BCUT2D eigenvalue weighted by Crippen LogP contribution is -2.26. The van der Waals surface area contributed by atoms with E-state index in [2.05, 4.69) is 5.32 Å². The van der Waals surface area contributed by atoms with E-state index in [0.29, 0.717) is 22.4 Å². The number of hydrogen-bond donors (Lipinski definition) is 3. The first-order chi connectivity index (χ1) is 14.9. The van der Waals surface area contributed by atoms with Crippen LogP contribution < -0.4 is 16.8 Å². The third kappa shape index (κ3) is 4.67. The van der Waals surface area contributed by atoms with Gasteiger partial charge in [0.05, 0.1) is 0 Å². The molecule has 0 heterocycles. The van der Waals surface area contributed by atoms with Crippen molar-refractivity contribution in [3.05, 3.63) is 89.0 Å². The van der Waals surface area contributed by atoms with E-state index in [1.807, 2.05) is 61.5 Å². The molecule has 0 bridgehead atoms. The lowest BCUT2D eigenvalue weighted by molar-refractivity contribution is -0.115. The van der Waals surface area contributed by atoms with Gasteiger partial charge in [-0.2, -0.15) is 0 Å². The Hall–Kier alpha value is -3.86. The molecule has 1 aliphatic rings. The summed E-state index contributed by atoms with van der Waals surface area (Å²) in [7, 11) is 0. The standard InChI is InChI=1S/C26H25N3O2/c1-16-6-9-18(10-7-16)22(26(31)29-19-11-12-19)14-17-8-13-21(25(28)30)23(15-17)20-4-2-3-5-24(20)27/h2-10,13-15,19H,11-12,27H2,1H3,(H2,28,30)(H,29,31). The molecule has 0 radical (unpaired) electrons. The largest absolute Gasteiger partial charge is 0.398 e. The SMILES string of the molecule is Cc1ccc(C(=Cc2ccc(C(N)=O)c(-c3ccccc3N)c2)C(=O)NC2CC2)cc1. The maximum absolute atomic E-state index is 13.0. The van der Waals surface area contributed by atoms with Crippen molar-refractivity contribution in [3.63, 3.8) is 0 Å². The highest BCUT2D eigenvalue weighted by Crippen LogP contribution is 2.31. The Labute approximate surface area is 181 Å². The molecule has 4 rings (SSSR count). The minimum absolute atomic E-state index is 0.105. The lowest BCUT2D eigenvalue weighted by Gasteiger charge is -2.13. The molecule has 5 nitrogen and oxygen atoms in total. The number of aryl methyl sites for hydroxylation is 1. The zero-order valence-electron chi connectivity index (χ0n) is 17.4. The number of primary amides is 1. The molecular weight excluding hydrogens is 386 g/mol. The second-order valence-corrected chi connectivity index (χ2v) is 7.93. The number of hydrogen-bond acceptors (Lipinski definition) is 3. The summed E-state index contributed by atoms with van der Waals surface area (Å²) in [6.45, 7) is 2.01. The van der Waals surface area contributed by atoms with Gasteiger partial charge in [-0.3, -0.25) is 9.59 Å². The van der Waals surface area contributed by atoms with Crippen LogP contribution in [0, 0.1) is 6.92 Å². The normalized spacial score (nSPS) is 13.6. The van der Waals surface area contributed by atoms with Gasteiger partial charge in [-0.05, 0) is 60.7 Å². The smallest absolute Gasteiger partial charge is 0.252 e. The number of amides is 2. The molecule has 2 amide bonds. The fourth-order valence-corrected chi connectivity index (χ4v) is 3.50. The zero-order valence-corrected chi connectivity index (χ0v) is 17.4. The molecule has 0 aliphatic heterocycles. The van der Waals surface area contributed by atoms with Gasteiger partial charge in [-0.1, -0.05) is 54.1 Å². The third-order valence-electron chi connectivity index (χ3n) is 5.39. The number of rotatable bonds is 6.